The smallest absolute Gasteiger partial charge is 0.338 e. The molecule has 0 saturated carbocycles. The molecule has 0 spiro atoms. The van der Waals surface area contributed by atoms with Crippen molar-refractivity contribution in [1.82, 2.24) is 5.32 Å². The minimum atomic E-state index is -0.274. The average Bonchev–Trinajstić information content (AvgIpc) is 2.39. The molecule has 0 fully saturated rings. The number of thioether (sulfide) groups is 1. The van der Waals surface area contributed by atoms with Crippen molar-refractivity contribution in [2.75, 3.05) is 25.7 Å². The molecule has 0 saturated heterocycles. The molecule has 1 unspecified atom stereocenters. The first kappa shape index (κ1) is 15.1. The van der Waals surface area contributed by atoms with Crippen molar-refractivity contribution in [2.45, 2.75) is 13.5 Å². The summed E-state index contributed by atoms with van der Waals surface area (Å²) in [4.78, 5) is 11.6. The quantitative estimate of drug-likeness (QED) is 0.771. The third-order valence-corrected chi connectivity index (χ3v) is 3.58. The van der Waals surface area contributed by atoms with Crippen LogP contribution in [0.3, 0.4) is 0 Å². The van der Waals surface area contributed by atoms with Crippen LogP contribution in [0, 0.1) is 5.92 Å². The predicted octanol–water partition coefficient (Wildman–Crippen LogP) is 2.56. The molecular weight excluding hydrogens is 246 g/mol. The zero-order valence-corrected chi connectivity index (χ0v) is 12.0. The van der Waals surface area contributed by atoms with Crippen molar-refractivity contribution in [3.8, 4) is 0 Å². The van der Waals surface area contributed by atoms with Crippen molar-refractivity contribution >= 4 is 17.7 Å². The topological polar surface area (TPSA) is 38.3 Å². The van der Waals surface area contributed by atoms with E-state index >= 15 is 0 Å². The highest BCUT2D eigenvalue weighted by Crippen LogP contribution is 2.10. The summed E-state index contributed by atoms with van der Waals surface area (Å²) in [6, 6.07) is 7.55. The molecule has 1 aromatic carbocycles. The summed E-state index contributed by atoms with van der Waals surface area (Å²) in [5, 5.41) is 3.38. The Morgan fingerprint density at radius 3 is 2.83 bits per heavy atom. The van der Waals surface area contributed by atoms with E-state index in [0.717, 1.165) is 17.9 Å². The first-order valence-corrected chi connectivity index (χ1v) is 7.44. The molecule has 1 N–H and O–H groups in total. The van der Waals surface area contributed by atoms with Crippen LogP contribution in [0.2, 0.25) is 0 Å². The molecule has 18 heavy (non-hydrogen) atoms. The van der Waals surface area contributed by atoms with E-state index in [2.05, 4.69) is 18.5 Å². The van der Waals surface area contributed by atoms with Crippen LogP contribution in [0.4, 0.5) is 0 Å². The van der Waals surface area contributed by atoms with E-state index in [-0.39, 0.29) is 5.97 Å². The van der Waals surface area contributed by atoms with E-state index in [1.807, 2.05) is 30.0 Å². The summed E-state index contributed by atoms with van der Waals surface area (Å²) in [6.07, 6.45) is 2.11. The number of carbonyl (C=O) groups is 1. The molecule has 0 amide bonds. The SMILES string of the molecule is COC(=O)c1ccccc1CNCC(C)CSC. The fourth-order valence-corrected chi connectivity index (χ4v) is 2.47. The van der Waals surface area contributed by atoms with Gasteiger partial charge in [0.15, 0.2) is 0 Å². The van der Waals surface area contributed by atoms with Gasteiger partial charge in [-0.25, -0.2) is 4.79 Å². The highest BCUT2D eigenvalue weighted by molar-refractivity contribution is 7.98. The molecule has 0 aromatic heterocycles. The number of esters is 1. The molecule has 0 aliphatic rings. The van der Waals surface area contributed by atoms with Gasteiger partial charge in [-0.2, -0.15) is 11.8 Å². The monoisotopic (exact) mass is 267 g/mol. The second kappa shape index (κ2) is 8.16. The molecule has 0 aliphatic carbocycles. The van der Waals surface area contributed by atoms with E-state index in [1.54, 1.807) is 6.07 Å². The normalized spacial score (nSPS) is 12.2. The lowest BCUT2D eigenvalue weighted by atomic mass is 10.1. The second-order valence-electron chi connectivity index (χ2n) is 4.34. The van der Waals surface area contributed by atoms with Gasteiger partial charge in [-0.05, 0) is 36.1 Å². The minimum Gasteiger partial charge on any atom is -0.465 e. The Morgan fingerprint density at radius 1 is 1.44 bits per heavy atom. The van der Waals surface area contributed by atoms with Gasteiger partial charge in [0, 0.05) is 6.54 Å². The number of methoxy groups -OCH3 is 1. The molecule has 0 heterocycles. The van der Waals surface area contributed by atoms with Crippen molar-refractivity contribution < 1.29 is 9.53 Å². The Bertz CT molecular complexity index is 382. The van der Waals surface area contributed by atoms with Gasteiger partial charge in [0.05, 0.1) is 12.7 Å². The maximum absolute atomic E-state index is 11.6. The third kappa shape index (κ3) is 4.70. The van der Waals surface area contributed by atoms with Crippen molar-refractivity contribution in [3.05, 3.63) is 35.4 Å². The maximum Gasteiger partial charge on any atom is 0.338 e. The summed E-state index contributed by atoms with van der Waals surface area (Å²) in [7, 11) is 1.41. The maximum atomic E-state index is 11.6. The molecule has 0 aliphatic heterocycles. The fraction of sp³-hybridized carbons (Fsp3) is 0.500. The Morgan fingerprint density at radius 2 is 2.17 bits per heavy atom. The third-order valence-electron chi connectivity index (χ3n) is 2.68. The van der Waals surface area contributed by atoms with Crippen LogP contribution < -0.4 is 5.32 Å². The number of ether oxygens (including phenoxy) is 1. The first-order chi connectivity index (χ1) is 8.69. The van der Waals surface area contributed by atoms with Crippen LogP contribution >= 0.6 is 11.8 Å². The summed E-state index contributed by atoms with van der Waals surface area (Å²) in [5.74, 6) is 1.50. The predicted molar refractivity (Wildman–Crippen MR) is 77.0 cm³/mol. The van der Waals surface area contributed by atoms with Gasteiger partial charge >= 0.3 is 5.97 Å². The molecule has 0 bridgehead atoms. The van der Waals surface area contributed by atoms with Crippen LogP contribution in [0.25, 0.3) is 0 Å². The van der Waals surface area contributed by atoms with E-state index in [9.17, 15) is 4.79 Å². The summed E-state index contributed by atoms with van der Waals surface area (Å²) < 4.78 is 4.77. The van der Waals surface area contributed by atoms with Crippen molar-refractivity contribution in [3.63, 3.8) is 0 Å². The van der Waals surface area contributed by atoms with Gasteiger partial charge in [-0.1, -0.05) is 25.1 Å². The Kier molecular flexibility index (Phi) is 6.83. The zero-order chi connectivity index (χ0) is 13.4. The molecule has 4 heteroatoms. The number of nitrogens with one attached hydrogen (secondary N) is 1. The van der Waals surface area contributed by atoms with E-state index in [4.69, 9.17) is 4.74 Å². The van der Waals surface area contributed by atoms with Crippen LogP contribution in [0.15, 0.2) is 24.3 Å². The Balaban J connectivity index is 2.54. The molecular formula is C14H21NO2S. The molecule has 1 rings (SSSR count). The van der Waals surface area contributed by atoms with Crippen LogP contribution in [-0.2, 0) is 11.3 Å². The fourth-order valence-electron chi connectivity index (χ4n) is 1.78. The average molecular weight is 267 g/mol. The first-order valence-electron chi connectivity index (χ1n) is 6.05. The van der Waals surface area contributed by atoms with Gasteiger partial charge in [0.2, 0.25) is 0 Å². The number of benzene rings is 1. The molecule has 100 valence electrons. The lowest BCUT2D eigenvalue weighted by Gasteiger charge is -2.12. The minimum absolute atomic E-state index is 0.274. The van der Waals surface area contributed by atoms with Crippen LogP contribution in [-0.4, -0.2) is 31.6 Å². The van der Waals surface area contributed by atoms with Crippen LogP contribution in [0.5, 0.6) is 0 Å². The van der Waals surface area contributed by atoms with E-state index in [0.29, 0.717) is 18.0 Å². The van der Waals surface area contributed by atoms with Crippen molar-refractivity contribution in [1.29, 1.82) is 0 Å². The van der Waals surface area contributed by atoms with E-state index in [1.165, 1.54) is 7.11 Å². The largest absolute Gasteiger partial charge is 0.465 e. The van der Waals surface area contributed by atoms with Gasteiger partial charge in [0.25, 0.3) is 0 Å². The number of rotatable bonds is 7. The Labute approximate surface area is 113 Å². The summed E-state index contributed by atoms with van der Waals surface area (Å²) in [6.45, 7) is 3.87. The van der Waals surface area contributed by atoms with Gasteiger partial charge < -0.3 is 10.1 Å². The summed E-state index contributed by atoms with van der Waals surface area (Å²) in [5.41, 5.74) is 1.63. The standard InChI is InChI=1S/C14H21NO2S/c1-11(10-18-3)8-15-9-12-6-4-5-7-13(12)14(16)17-2/h4-7,11,15H,8-10H2,1-3H3. The number of hydrogen-bond donors (Lipinski definition) is 1. The van der Waals surface area contributed by atoms with Gasteiger partial charge in [-0.15, -0.1) is 0 Å². The second-order valence-corrected chi connectivity index (χ2v) is 5.25. The van der Waals surface area contributed by atoms with Gasteiger partial charge in [0.1, 0.15) is 0 Å². The molecule has 0 radical (unpaired) electrons. The molecule has 1 atom stereocenters. The van der Waals surface area contributed by atoms with E-state index < -0.39 is 0 Å². The zero-order valence-electron chi connectivity index (χ0n) is 11.2. The lowest BCUT2D eigenvalue weighted by Crippen LogP contribution is -2.23. The molecule has 3 nitrogen and oxygen atoms in total. The van der Waals surface area contributed by atoms with Crippen molar-refractivity contribution in [2.24, 2.45) is 5.92 Å². The Hall–Kier alpha value is -1.00. The highest BCUT2D eigenvalue weighted by Gasteiger charge is 2.10. The summed E-state index contributed by atoms with van der Waals surface area (Å²) >= 11 is 1.85. The number of hydrogen-bond acceptors (Lipinski definition) is 4. The highest BCUT2D eigenvalue weighted by atomic mass is 32.2. The van der Waals surface area contributed by atoms with Crippen LogP contribution in [0.1, 0.15) is 22.8 Å². The van der Waals surface area contributed by atoms with Gasteiger partial charge in [-0.3, -0.25) is 0 Å². The number of carbonyl (C=O) groups excluding carboxylic acids is 1. The molecule has 1 aromatic rings. The lowest BCUT2D eigenvalue weighted by molar-refractivity contribution is 0.0599.